The fourth-order valence-electron chi connectivity index (χ4n) is 3.23. The lowest BCUT2D eigenvalue weighted by molar-refractivity contribution is -0.482. The van der Waals surface area contributed by atoms with E-state index in [2.05, 4.69) is 10.5 Å². The zero-order valence-electron chi connectivity index (χ0n) is 14.1. The number of aryl methyl sites for hydroxylation is 1. The van der Waals surface area contributed by atoms with Gasteiger partial charge in [0.2, 0.25) is 6.54 Å². The average molecular weight is 323 g/mol. The van der Waals surface area contributed by atoms with Crippen LogP contribution in [0.5, 0.6) is 0 Å². The molecule has 0 saturated heterocycles. The molecule has 3 rings (SSSR count). The maximum Gasteiger partial charge on any atom is 0.216 e. The molecule has 0 bridgehead atoms. The van der Waals surface area contributed by atoms with Crippen LogP contribution in [0.25, 0.3) is 5.52 Å². The summed E-state index contributed by atoms with van der Waals surface area (Å²) in [6.45, 7) is 1.90. The summed E-state index contributed by atoms with van der Waals surface area (Å²) in [5, 5.41) is 11.3. The van der Waals surface area contributed by atoms with Crippen molar-refractivity contribution in [2.45, 2.75) is 12.8 Å². The van der Waals surface area contributed by atoms with E-state index in [1.165, 1.54) is 0 Å². The number of anilines is 1. The topological polar surface area (TPSA) is 50.8 Å². The fourth-order valence-corrected chi connectivity index (χ4v) is 3.23. The molecule has 0 aliphatic heterocycles. The van der Waals surface area contributed by atoms with Crippen LogP contribution in [0.4, 0.5) is 5.69 Å². The standard InChI is InChI=1S/C19H21N3O2/c1-14-12-17-6-4-5-11-21(17)19(14)18(13-22(23)24)15-7-9-16(10-8-15)20(2)3/h4-12,18H,13H2,1-3H3/t18-/m1/s1. The van der Waals surface area contributed by atoms with E-state index in [0.29, 0.717) is 0 Å². The van der Waals surface area contributed by atoms with E-state index in [0.717, 1.165) is 28.0 Å². The molecule has 0 N–H and O–H groups in total. The van der Waals surface area contributed by atoms with E-state index in [4.69, 9.17) is 0 Å². The second-order valence-corrected chi connectivity index (χ2v) is 6.26. The number of hydrogen-bond acceptors (Lipinski definition) is 3. The van der Waals surface area contributed by atoms with Crippen LogP contribution in [0, 0.1) is 17.0 Å². The summed E-state index contributed by atoms with van der Waals surface area (Å²) in [5.74, 6) is -0.277. The summed E-state index contributed by atoms with van der Waals surface area (Å²) in [7, 11) is 3.96. The van der Waals surface area contributed by atoms with Gasteiger partial charge in [0.25, 0.3) is 0 Å². The highest BCUT2D eigenvalue weighted by Crippen LogP contribution is 2.31. The third kappa shape index (κ3) is 2.97. The van der Waals surface area contributed by atoms with Crippen molar-refractivity contribution in [1.29, 1.82) is 0 Å². The van der Waals surface area contributed by atoms with Crippen LogP contribution >= 0.6 is 0 Å². The summed E-state index contributed by atoms with van der Waals surface area (Å²) in [6.07, 6.45) is 1.97. The van der Waals surface area contributed by atoms with E-state index in [1.807, 2.05) is 74.6 Å². The van der Waals surface area contributed by atoms with E-state index >= 15 is 0 Å². The zero-order valence-corrected chi connectivity index (χ0v) is 14.1. The Hall–Kier alpha value is -2.82. The molecule has 24 heavy (non-hydrogen) atoms. The predicted molar refractivity (Wildman–Crippen MR) is 96.6 cm³/mol. The van der Waals surface area contributed by atoms with Crippen LogP contribution in [0.1, 0.15) is 22.7 Å². The van der Waals surface area contributed by atoms with Gasteiger partial charge in [-0.15, -0.1) is 0 Å². The Balaban J connectivity index is 2.12. The number of aromatic nitrogens is 1. The minimum absolute atomic E-state index is 0.122. The molecule has 1 atom stereocenters. The van der Waals surface area contributed by atoms with Crippen LogP contribution in [-0.4, -0.2) is 30.0 Å². The highest BCUT2D eigenvalue weighted by atomic mass is 16.6. The van der Waals surface area contributed by atoms with Gasteiger partial charge in [-0.25, -0.2) is 0 Å². The Labute approximate surface area is 141 Å². The van der Waals surface area contributed by atoms with Crippen molar-refractivity contribution in [3.8, 4) is 0 Å². The molecule has 5 nitrogen and oxygen atoms in total. The first kappa shape index (κ1) is 16.1. The number of pyridine rings is 1. The van der Waals surface area contributed by atoms with Gasteiger partial charge < -0.3 is 9.30 Å². The Bertz CT molecular complexity index is 866. The van der Waals surface area contributed by atoms with Gasteiger partial charge in [-0.1, -0.05) is 18.2 Å². The molecule has 0 amide bonds. The van der Waals surface area contributed by atoms with Crippen molar-refractivity contribution >= 4 is 11.2 Å². The first-order chi connectivity index (χ1) is 11.5. The van der Waals surface area contributed by atoms with Gasteiger partial charge in [-0.2, -0.15) is 0 Å². The highest BCUT2D eigenvalue weighted by Gasteiger charge is 2.25. The number of nitrogens with zero attached hydrogens (tertiary/aromatic N) is 3. The van der Waals surface area contributed by atoms with Crippen molar-refractivity contribution < 1.29 is 4.92 Å². The van der Waals surface area contributed by atoms with Crippen molar-refractivity contribution in [1.82, 2.24) is 4.40 Å². The molecule has 0 fully saturated rings. The van der Waals surface area contributed by atoms with Gasteiger partial charge in [0, 0.05) is 42.1 Å². The molecule has 2 aromatic heterocycles. The van der Waals surface area contributed by atoms with Crippen LogP contribution in [0.2, 0.25) is 0 Å². The second kappa shape index (κ2) is 6.35. The molecular formula is C19H21N3O2. The molecule has 124 valence electrons. The highest BCUT2D eigenvalue weighted by molar-refractivity contribution is 5.56. The summed E-state index contributed by atoms with van der Waals surface area (Å²) in [4.78, 5) is 13.1. The number of rotatable bonds is 5. The van der Waals surface area contributed by atoms with E-state index in [1.54, 1.807) is 0 Å². The minimum Gasteiger partial charge on any atom is -0.378 e. The molecule has 0 spiro atoms. The third-order valence-corrected chi connectivity index (χ3v) is 4.39. The summed E-state index contributed by atoms with van der Waals surface area (Å²) < 4.78 is 2.06. The Kier molecular flexibility index (Phi) is 4.25. The number of hydrogen-bond donors (Lipinski definition) is 0. The SMILES string of the molecule is Cc1cc2ccccn2c1[C@H](C[N+](=O)[O-])c1ccc(N(C)C)cc1. The molecule has 0 saturated carbocycles. The third-order valence-electron chi connectivity index (χ3n) is 4.39. The average Bonchev–Trinajstić information content (AvgIpc) is 2.88. The van der Waals surface area contributed by atoms with Gasteiger partial charge in [-0.05, 0) is 48.4 Å². The van der Waals surface area contributed by atoms with Gasteiger partial charge >= 0.3 is 0 Å². The molecule has 0 unspecified atom stereocenters. The van der Waals surface area contributed by atoms with Gasteiger partial charge in [0.15, 0.2) is 0 Å². The smallest absolute Gasteiger partial charge is 0.216 e. The first-order valence-corrected chi connectivity index (χ1v) is 7.93. The molecule has 3 aromatic rings. The Morgan fingerprint density at radius 2 is 1.88 bits per heavy atom. The molecule has 1 aromatic carbocycles. The molecular weight excluding hydrogens is 302 g/mol. The zero-order chi connectivity index (χ0) is 17.3. The van der Waals surface area contributed by atoms with E-state index in [-0.39, 0.29) is 17.4 Å². The lowest BCUT2D eigenvalue weighted by Crippen LogP contribution is -2.17. The fraction of sp³-hybridized carbons (Fsp3) is 0.263. The number of fused-ring (bicyclic) bond motifs is 1. The quantitative estimate of drug-likeness (QED) is 0.531. The molecule has 5 heteroatoms. The van der Waals surface area contributed by atoms with Crippen molar-refractivity contribution in [2.24, 2.45) is 0 Å². The largest absolute Gasteiger partial charge is 0.378 e. The van der Waals surface area contributed by atoms with Crippen LogP contribution < -0.4 is 4.90 Å². The van der Waals surface area contributed by atoms with E-state index < -0.39 is 0 Å². The second-order valence-electron chi connectivity index (χ2n) is 6.26. The lowest BCUT2D eigenvalue weighted by Gasteiger charge is -2.18. The van der Waals surface area contributed by atoms with Crippen LogP contribution in [0.15, 0.2) is 54.7 Å². The molecule has 0 aliphatic rings. The van der Waals surface area contributed by atoms with E-state index in [9.17, 15) is 10.1 Å². The Morgan fingerprint density at radius 3 is 2.50 bits per heavy atom. The normalized spacial score (nSPS) is 12.3. The van der Waals surface area contributed by atoms with Gasteiger partial charge in [0.05, 0.1) is 5.92 Å². The predicted octanol–water partition coefficient (Wildman–Crippen LogP) is 3.72. The van der Waals surface area contributed by atoms with Crippen LogP contribution in [-0.2, 0) is 0 Å². The van der Waals surface area contributed by atoms with Crippen molar-refractivity contribution in [2.75, 3.05) is 25.5 Å². The summed E-state index contributed by atoms with van der Waals surface area (Å²) in [6, 6.07) is 16.0. The summed E-state index contributed by atoms with van der Waals surface area (Å²) >= 11 is 0. The molecule has 0 aliphatic carbocycles. The molecule has 2 heterocycles. The minimum atomic E-state index is -0.277. The monoisotopic (exact) mass is 323 g/mol. The van der Waals surface area contributed by atoms with Crippen LogP contribution in [0.3, 0.4) is 0 Å². The van der Waals surface area contributed by atoms with Gasteiger partial charge in [-0.3, -0.25) is 10.1 Å². The maximum absolute atomic E-state index is 11.3. The number of benzene rings is 1. The summed E-state index contributed by atoms with van der Waals surface area (Å²) in [5.41, 5.74) is 5.16. The van der Waals surface area contributed by atoms with Crippen molar-refractivity contribution in [3.05, 3.63) is 81.7 Å². The van der Waals surface area contributed by atoms with Crippen molar-refractivity contribution in [3.63, 3.8) is 0 Å². The first-order valence-electron chi connectivity index (χ1n) is 7.93. The number of nitro groups is 1. The molecule has 0 radical (unpaired) electrons. The Morgan fingerprint density at radius 1 is 1.17 bits per heavy atom. The maximum atomic E-state index is 11.3. The lowest BCUT2D eigenvalue weighted by atomic mass is 9.93. The van der Waals surface area contributed by atoms with Gasteiger partial charge in [0.1, 0.15) is 0 Å².